The number of hydrogen-bond donors (Lipinski definition) is 3. The smallest absolute Gasteiger partial charge is 0.339 e. The van der Waals surface area contributed by atoms with Crippen LogP contribution in [0.2, 0.25) is 0 Å². The van der Waals surface area contributed by atoms with E-state index in [1.165, 1.54) is 0 Å². The molecule has 2 aromatic rings. The Bertz CT molecular complexity index is 952. The van der Waals surface area contributed by atoms with E-state index < -0.39 is 5.97 Å². The van der Waals surface area contributed by atoms with Crippen LogP contribution in [-0.4, -0.2) is 47.3 Å². The molecular weight excluding hydrogens is 398 g/mol. The van der Waals surface area contributed by atoms with E-state index in [9.17, 15) is 14.7 Å². The number of nitrogens with zero attached hydrogens (tertiary/aromatic N) is 1. The standard InChI is InChI=1S/C23H31N3O5/c1-13(2)11-30-12-19(27)26-15-7-9-16(10-8-15)31-18-6-4-5-17-21(18)22(24)20(23(28)29)14(3)25-17/h4-6,13,15-16H,7-12H2,1-3H3,(H2,24,25)(H,26,27)(H,28,29). The van der Waals surface area contributed by atoms with Gasteiger partial charge in [0, 0.05) is 12.6 Å². The van der Waals surface area contributed by atoms with E-state index in [2.05, 4.69) is 10.3 Å². The number of amides is 1. The average molecular weight is 430 g/mol. The molecular formula is C23H31N3O5. The van der Waals surface area contributed by atoms with Crippen molar-refractivity contribution in [1.29, 1.82) is 0 Å². The van der Waals surface area contributed by atoms with Crippen LogP contribution < -0.4 is 15.8 Å². The molecule has 8 heteroatoms. The minimum absolute atomic E-state index is 0.00894. The molecule has 0 aliphatic heterocycles. The number of carbonyl (C=O) groups excluding carboxylic acids is 1. The zero-order valence-electron chi connectivity index (χ0n) is 18.3. The van der Waals surface area contributed by atoms with Gasteiger partial charge in [-0.1, -0.05) is 19.9 Å². The van der Waals surface area contributed by atoms with Crippen LogP contribution in [0.4, 0.5) is 5.69 Å². The van der Waals surface area contributed by atoms with Gasteiger partial charge >= 0.3 is 5.97 Å². The first-order valence-electron chi connectivity index (χ1n) is 10.7. The number of carboxylic acid groups (broad SMARTS) is 1. The van der Waals surface area contributed by atoms with E-state index in [-0.39, 0.29) is 35.9 Å². The van der Waals surface area contributed by atoms with Gasteiger partial charge in [-0.25, -0.2) is 4.79 Å². The van der Waals surface area contributed by atoms with E-state index >= 15 is 0 Å². The molecule has 0 saturated heterocycles. The van der Waals surface area contributed by atoms with Gasteiger partial charge in [0.15, 0.2) is 0 Å². The van der Waals surface area contributed by atoms with Gasteiger partial charge in [-0.05, 0) is 50.7 Å². The SMILES string of the molecule is Cc1nc2cccc(OC3CCC(NC(=O)COCC(C)C)CC3)c2c(N)c1C(=O)O. The Kier molecular flexibility index (Phi) is 7.33. The number of carbonyl (C=O) groups is 2. The number of rotatable bonds is 8. The van der Waals surface area contributed by atoms with Gasteiger partial charge in [0.25, 0.3) is 0 Å². The predicted molar refractivity (Wildman–Crippen MR) is 118 cm³/mol. The molecule has 1 aliphatic rings. The van der Waals surface area contributed by atoms with Crippen molar-refractivity contribution in [3.63, 3.8) is 0 Å². The fraction of sp³-hybridized carbons (Fsp3) is 0.522. The van der Waals surface area contributed by atoms with Crippen molar-refractivity contribution in [3.8, 4) is 5.75 Å². The third kappa shape index (κ3) is 5.64. The molecule has 1 heterocycles. The number of hydrogen-bond acceptors (Lipinski definition) is 6. The zero-order chi connectivity index (χ0) is 22.5. The van der Waals surface area contributed by atoms with Crippen LogP contribution in [0.1, 0.15) is 55.6 Å². The molecule has 1 saturated carbocycles. The second kappa shape index (κ2) is 9.96. The minimum atomic E-state index is -1.10. The van der Waals surface area contributed by atoms with E-state index in [0.717, 1.165) is 25.7 Å². The van der Waals surface area contributed by atoms with Crippen LogP contribution in [0.25, 0.3) is 10.9 Å². The predicted octanol–water partition coefficient (Wildman–Crippen LogP) is 3.30. The van der Waals surface area contributed by atoms with Crippen molar-refractivity contribution in [2.45, 2.75) is 58.6 Å². The normalized spacial score (nSPS) is 18.8. The van der Waals surface area contributed by atoms with Crippen molar-refractivity contribution in [2.75, 3.05) is 18.9 Å². The minimum Gasteiger partial charge on any atom is -0.490 e. The van der Waals surface area contributed by atoms with Gasteiger partial charge < -0.3 is 25.6 Å². The summed E-state index contributed by atoms with van der Waals surface area (Å²) in [6.07, 6.45) is 3.13. The van der Waals surface area contributed by atoms with Gasteiger partial charge in [-0.3, -0.25) is 9.78 Å². The molecule has 0 bridgehead atoms. The third-order valence-corrected chi connectivity index (χ3v) is 5.42. The van der Waals surface area contributed by atoms with Crippen LogP contribution in [-0.2, 0) is 9.53 Å². The summed E-state index contributed by atoms with van der Waals surface area (Å²) >= 11 is 0. The van der Waals surface area contributed by atoms with Crippen LogP contribution in [0.15, 0.2) is 18.2 Å². The van der Waals surface area contributed by atoms with E-state index in [1.807, 2.05) is 19.9 Å². The molecule has 0 unspecified atom stereocenters. The number of nitrogen functional groups attached to an aromatic ring is 1. The Morgan fingerprint density at radius 2 is 1.97 bits per heavy atom. The Hall–Kier alpha value is -2.87. The van der Waals surface area contributed by atoms with Crippen molar-refractivity contribution < 1.29 is 24.2 Å². The summed E-state index contributed by atoms with van der Waals surface area (Å²) in [4.78, 5) is 28.0. The fourth-order valence-corrected chi connectivity index (χ4v) is 3.97. The summed E-state index contributed by atoms with van der Waals surface area (Å²) < 4.78 is 11.6. The third-order valence-electron chi connectivity index (χ3n) is 5.42. The zero-order valence-corrected chi connectivity index (χ0v) is 18.3. The number of fused-ring (bicyclic) bond motifs is 1. The molecule has 0 radical (unpaired) electrons. The molecule has 1 aromatic heterocycles. The molecule has 1 amide bonds. The van der Waals surface area contributed by atoms with E-state index in [0.29, 0.717) is 34.9 Å². The van der Waals surface area contributed by atoms with Crippen molar-refractivity contribution in [1.82, 2.24) is 10.3 Å². The fourth-order valence-electron chi connectivity index (χ4n) is 3.97. The number of ether oxygens (including phenoxy) is 2. The largest absolute Gasteiger partial charge is 0.490 e. The Morgan fingerprint density at radius 3 is 2.61 bits per heavy atom. The first-order chi connectivity index (χ1) is 14.8. The summed E-state index contributed by atoms with van der Waals surface area (Å²) in [5.74, 6) is -0.254. The molecule has 1 aliphatic carbocycles. The lowest BCUT2D eigenvalue weighted by Crippen LogP contribution is -2.41. The first kappa shape index (κ1) is 22.8. The maximum absolute atomic E-state index is 12.0. The summed E-state index contributed by atoms with van der Waals surface area (Å²) in [5.41, 5.74) is 7.37. The summed E-state index contributed by atoms with van der Waals surface area (Å²) in [6, 6.07) is 5.52. The number of anilines is 1. The molecule has 0 spiro atoms. The van der Waals surface area contributed by atoms with Gasteiger partial charge in [0.1, 0.15) is 17.9 Å². The topological polar surface area (TPSA) is 124 Å². The summed E-state index contributed by atoms with van der Waals surface area (Å²) in [5, 5.41) is 13.1. The number of aryl methyl sites for hydroxylation is 1. The van der Waals surface area contributed by atoms with Crippen LogP contribution in [0.3, 0.4) is 0 Å². The highest BCUT2D eigenvalue weighted by Gasteiger charge is 2.25. The second-order valence-corrected chi connectivity index (χ2v) is 8.51. The lowest BCUT2D eigenvalue weighted by molar-refractivity contribution is -0.127. The number of pyridine rings is 1. The molecule has 1 fully saturated rings. The summed E-state index contributed by atoms with van der Waals surface area (Å²) in [6.45, 7) is 6.38. The quantitative estimate of drug-likeness (QED) is 0.588. The number of aromatic nitrogens is 1. The Morgan fingerprint density at radius 1 is 1.26 bits per heavy atom. The van der Waals surface area contributed by atoms with Crippen LogP contribution in [0.5, 0.6) is 5.75 Å². The van der Waals surface area contributed by atoms with Gasteiger partial charge in [-0.15, -0.1) is 0 Å². The van der Waals surface area contributed by atoms with Crippen molar-refractivity contribution >= 4 is 28.5 Å². The number of nitrogens with two attached hydrogens (primary N) is 1. The van der Waals surface area contributed by atoms with Crippen molar-refractivity contribution in [3.05, 3.63) is 29.5 Å². The highest BCUT2D eigenvalue weighted by Crippen LogP contribution is 2.35. The summed E-state index contributed by atoms with van der Waals surface area (Å²) in [7, 11) is 0. The average Bonchev–Trinajstić information content (AvgIpc) is 2.68. The van der Waals surface area contributed by atoms with Crippen LogP contribution in [0, 0.1) is 12.8 Å². The maximum Gasteiger partial charge on any atom is 0.339 e. The molecule has 4 N–H and O–H groups in total. The number of nitrogens with one attached hydrogen (secondary N) is 1. The van der Waals surface area contributed by atoms with Gasteiger partial charge in [0.05, 0.1) is 28.4 Å². The first-order valence-corrected chi connectivity index (χ1v) is 10.7. The highest BCUT2D eigenvalue weighted by atomic mass is 16.5. The molecule has 8 nitrogen and oxygen atoms in total. The number of carboxylic acids is 1. The second-order valence-electron chi connectivity index (χ2n) is 8.51. The lowest BCUT2D eigenvalue weighted by atomic mass is 9.93. The molecule has 3 rings (SSSR count). The Balaban J connectivity index is 1.62. The molecule has 31 heavy (non-hydrogen) atoms. The maximum atomic E-state index is 12.0. The van der Waals surface area contributed by atoms with E-state index in [4.69, 9.17) is 15.2 Å². The number of benzene rings is 1. The van der Waals surface area contributed by atoms with Crippen molar-refractivity contribution in [2.24, 2.45) is 5.92 Å². The van der Waals surface area contributed by atoms with E-state index in [1.54, 1.807) is 19.1 Å². The van der Waals surface area contributed by atoms with Crippen LogP contribution >= 0.6 is 0 Å². The number of aromatic carboxylic acids is 1. The lowest BCUT2D eigenvalue weighted by Gasteiger charge is -2.30. The molecule has 1 aromatic carbocycles. The molecule has 168 valence electrons. The monoisotopic (exact) mass is 429 g/mol. The highest BCUT2D eigenvalue weighted by molar-refractivity contribution is 6.06. The van der Waals surface area contributed by atoms with Gasteiger partial charge in [-0.2, -0.15) is 0 Å². The molecule has 0 atom stereocenters. The van der Waals surface area contributed by atoms with Gasteiger partial charge in [0.2, 0.25) is 5.91 Å². The Labute approximate surface area is 182 Å².